The molecule has 1 amide bonds. The molecule has 1 unspecified atom stereocenters. The maximum atomic E-state index is 12.2. The van der Waals surface area contributed by atoms with Gasteiger partial charge in [0.15, 0.2) is 0 Å². The second-order valence-corrected chi connectivity index (χ2v) is 8.23. The highest BCUT2D eigenvalue weighted by Crippen LogP contribution is 2.39. The van der Waals surface area contributed by atoms with Crippen LogP contribution < -0.4 is 5.32 Å². The number of anilines is 1. The quantitative estimate of drug-likeness (QED) is 0.813. The smallest absolute Gasteiger partial charge is 0.228 e. The van der Waals surface area contributed by atoms with E-state index in [0.29, 0.717) is 12.3 Å². The number of benzene rings is 2. The highest BCUT2D eigenvalue weighted by Gasteiger charge is 2.34. The Bertz CT molecular complexity index is 756. The zero-order valence-electron chi connectivity index (χ0n) is 16.2. The van der Waals surface area contributed by atoms with E-state index in [1.54, 1.807) is 0 Å². The Morgan fingerprint density at radius 2 is 1.81 bits per heavy atom. The molecule has 2 aliphatic rings. The Morgan fingerprint density at radius 3 is 2.52 bits per heavy atom. The van der Waals surface area contributed by atoms with Gasteiger partial charge in [-0.15, -0.1) is 0 Å². The molecule has 1 heterocycles. The standard InChI is InChI=1S/C24H30N2O/c1-18-6-5-15-26(18)23-14-11-21(17-23)20-9-12-22(13-10-20)25-24(27)16-19-7-3-2-4-8-19/h2-4,7-10,12-13,18,21,23H,5-6,11,14-17H2,1H3,(H,25,27)/t18-,21-,23?/m0/s1. The van der Waals surface area contributed by atoms with Crippen LogP contribution in [0.1, 0.15) is 56.1 Å². The molecule has 1 aliphatic carbocycles. The van der Waals surface area contributed by atoms with Crippen molar-refractivity contribution in [2.75, 3.05) is 11.9 Å². The van der Waals surface area contributed by atoms with Crippen LogP contribution >= 0.6 is 0 Å². The summed E-state index contributed by atoms with van der Waals surface area (Å²) in [5.41, 5.74) is 3.35. The fourth-order valence-electron chi connectivity index (χ4n) is 4.88. The summed E-state index contributed by atoms with van der Waals surface area (Å²) in [5, 5.41) is 3.02. The topological polar surface area (TPSA) is 32.3 Å². The Hall–Kier alpha value is -2.13. The van der Waals surface area contributed by atoms with E-state index in [4.69, 9.17) is 0 Å². The van der Waals surface area contributed by atoms with Gasteiger partial charge in [0, 0.05) is 17.8 Å². The van der Waals surface area contributed by atoms with E-state index >= 15 is 0 Å². The van der Waals surface area contributed by atoms with Crippen molar-refractivity contribution in [1.82, 2.24) is 4.90 Å². The average Bonchev–Trinajstić information content (AvgIpc) is 3.32. The van der Waals surface area contributed by atoms with Crippen molar-refractivity contribution in [3.63, 3.8) is 0 Å². The van der Waals surface area contributed by atoms with Gasteiger partial charge in [-0.2, -0.15) is 0 Å². The molecule has 1 saturated heterocycles. The second-order valence-electron chi connectivity index (χ2n) is 8.23. The van der Waals surface area contributed by atoms with Crippen LogP contribution in [0.4, 0.5) is 5.69 Å². The van der Waals surface area contributed by atoms with Crippen LogP contribution in [0.15, 0.2) is 54.6 Å². The van der Waals surface area contributed by atoms with Crippen LogP contribution in [0.3, 0.4) is 0 Å². The average molecular weight is 363 g/mol. The highest BCUT2D eigenvalue weighted by molar-refractivity contribution is 5.92. The van der Waals surface area contributed by atoms with Crippen LogP contribution in [0.2, 0.25) is 0 Å². The minimum atomic E-state index is 0.0397. The molecule has 4 rings (SSSR count). The Labute approximate surface area is 162 Å². The van der Waals surface area contributed by atoms with E-state index in [9.17, 15) is 4.79 Å². The molecule has 2 aromatic carbocycles. The van der Waals surface area contributed by atoms with E-state index in [-0.39, 0.29) is 5.91 Å². The molecule has 1 N–H and O–H groups in total. The van der Waals surface area contributed by atoms with Gasteiger partial charge < -0.3 is 5.32 Å². The lowest BCUT2D eigenvalue weighted by Gasteiger charge is -2.28. The molecular formula is C24H30N2O. The number of nitrogens with one attached hydrogen (secondary N) is 1. The third-order valence-corrected chi connectivity index (χ3v) is 6.35. The number of hydrogen-bond donors (Lipinski definition) is 1. The maximum Gasteiger partial charge on any atom is 0.228 e. The lowest BCUT2D eigenvalue weighted by Crippen LogP contribution is -2.35. The molecule has 1 saturated carbocycles. The van der Waals surface area contributed by atoms with Crippen LogP contribution in [0.25, 0.3) is 0 Å². The fourth-order valence-corrected chi connectivity index (χ4v) is 4.88. The molecule has 3 atom stereocenters. The van der Waals surface area contributed by atoms with Crippen molar-refractivity contribution in [3.8, 4) is 0 Å². The largest absolute Gasteiger partial charge is 0.326 e. The summed E-state index contributed by atoms with van der Waals surface area (Å²) >= 11 is 0. The highest BCUT2D eigenvalue weighted by atomic mass is 16.1. The minimum Gasteiger partial charge on any atom is -0.326 e. The third-order valence-electron chi connectivity index (χ3n) is 6.35. The molecule has 1 aliphatic heterocycles. The SMILES string of the molecule is C[C@H]1CCCN1C1CC[C@H](c2ccc(NC(=O)Cc3ccccc3)cc2)C1. The number of rotatable bonds is 5. The van der Waals surface area contributed by atoms with Crippen molar-refractivity contribution >= 4 is 11.6 Å². The molecule has 3 nitrogen and oxygen atoms in total. The van der Waals surface area contributed by atoms with Crippen LogP contribution in [0.5, 0.6) is 0 Å². The van der Waals surface area contributed by atoms with Gasteiger partial charge in [0.25, 0.3) is 0 Å². The minimum absolute atomic E-state index is 0.0397. The van der Waals surface area contributed by atoms with Crippen molar-refractivity contribution in [2.45, 2.75) is 63.5 Å². The van der Waals surface area contributed by atoms with Gasteiger partial charge in [0.2, 0.25) is 5.91 Å². The molecule has 2 fully saturated rings. The molecule has 2 aromatic rings. The summed E-state index contributed by atoms with van der Waals surface area (Å²) < 4.78 is 0. The van der Waals surface area contributed by atoms with E-state index in [2.05, 4.69) is 41.4 Å². The predicted octanol–water partition coefficient (Wildman–Crippen LogP) is 4.99. The number of amides is 1. The number of likely N-dealkylation sites (tertiary alicyclic amines) is 1. The number of hydrogen-bond acceptors (Lipinski definition) is 2. The van der Waals surface area contributed by atoms with E-state index in [0.717, 1.165) is 23.3 Å². The number of carbonyl (C=O) groups is 1. The summed E-state index contributed by atoms with van der Waals surface area (Å²) in [5.74, 6) is 0.703. The first kappa shape index (κ1) is 18.2. The zero-order chi connectivity index (χ0) is 18.6. The number of carbonyl (C=O) groups excluding carboxylic acids is 1. The summed E-state index contributed by atoms with van der Waals surface area (Å²) in [7, 11) is 0. The maximum absolute atomic E-state index is 12.2. The first-order valence-electron chi connectivity index (χ1n) is 10.4. The van der Waals surface area contributed by atoms with E-state index in [1.807, 2.05) is 30.3 Å². The van der Waals surface area contributed by atoms with Crippen LogP contribution in [0, 0.1) is 0 Å². The summed E-state index contributed by atoms with van der Waals surface area (Å²) in [6.45, 7) is 3.66. The van der Waals surface area contributed by atoms with Gasteiger partial charge in [0.1, 0.15) is 0 Å². The van der Waals surface area contributed by atoms with Gasteiger partial charge in [-0.25, -0.2) is 0 Å². The molecule has 0 aromatic heterocycles. The molecular weight excluding hydrogens is 332 g/mol. The Morgan fingerprint density at radius 1 is 1.04 bits per heavy atom. The van der Waals surface area contributed by atoms with Gasteiger partial charge in [-0.05, 0) is 74.8 Å². The van der Waals surface area contributed by atoms with Crippen molar-refractivity contribution in [3.05, 3.63) is 65.7 Å². The summed E-state index contributed by atoms with van der Waals surface area (Å²) in [6.07, 6.45) is 7.03. The Kier molecular flexibility index (Phi) is 5.58. The van der Waals surface area contributed by atoms with E-state index < -0.39 is 0 Å². The van der Waals surface area contributed by atoms with Crippen molar-refractivity contribution in [1.29, 1.82) is 0 Å². The summed E-state index contributed by atoms with van der Waals surface area (Å²) in [6, 6.07) is 19.9. The van der Waals surface area contributed by atoms with Crippen molar-refractivity contribution < 1.29 is 4.79 Å². The fraction of sp³-hybridized carbons (Fsp3) is 0.458. The van der Waals surface area contributed by atoms with Crippen molar-refractivity contribution in [2.24, 2.45) is 0 Å². The molecule has 0 spiro atoms. The van der Waals surface area contributed by atoms with Crippen LogP contribution in [-0.4, -0.2) is 29.4 Å². The molecule has 3 heteroatoms. The zero-order valence-corrected chi connectivity index (χ0v) is 16.2. The molecule has 142 valence electrons. The van der Waals surface area contributed by atoms with E-state index in [1.165, 1.54) is 44.2 Å². The number of nitrogens with zero attached hydrogens (tertiary/aromatic N) is 1. The lowest BCUT2D eigenvalue weighted by atomic mass is 9.97. The Balaban J connectivity index is 1.32. The first-order valence-corrected chi connectivity index (χ1v) is 10.4. The first-order chi connectivity index (χ1) is 13.2. The van der Waals surface area contributed by atoms with Gasteiger partial charge in [-0.1, -0.05) is 42.5 Å². The molecule has 0 radical (unpaired) electrons. The summed E-state index contributed by atoms with van der Waals surface area (Å²) in [4.78, 5) is 15.0. The normalized spacial score (nSPS) is 25.6. The molecule has 0 bridgehead atoms. The monoisotopic (exact) mass is 362 g/mol. The van der Waals surface area contributed by atoms with Gasteiger partial charge in [0.05, 0.1) is 6.42 Å². The predicted molar refractivity (Wildman–Crippen MR) is 111 cm³/mol. The third kappa shape index (κ3) is 4.41. The lowest BCUT2D eigenvalue weighted by molar-refractivity contribution is -0.115. The van der Waals surface area contributed by atoms with Crippen LogP contribution in [-0.2, 0) is 11.2 Å². The van der Waals surface area contributed by atoms with Gasteiger partial charge in [-0.3, -0.25) is 9.69 Å². The second kappa shape index (κ2) is 8.26. The van der Waals surface area contributed by atoms with Gasteiger partial charge >= 0.3 is 0 Å². The molecule has 27 heavy (non-hydrogen) atoms.